The summed E-state index contributed by atoms with van der Waals surface area (Å²) in [6, 6.07) is 92.4. The molecule has 12 aromatic rings. The van der Waals surface area contributed by atoms with Crippen molar-refractivity contribution in [3.63, 3.8) is 0 Å². The van der Waals surface area contributed by atoms with Crippen LogP contribution in [0, 0.1) is 0 Å². The van der Waals surface area contributed by atoms with Gasteiger partial charge < -0.3 is 14.2 Å². The lowest BCUT2D eigenvalue weighted by atomic mass is 9.71. The fraction of sp³-hybridized carbons (Fsp3) is 0.0725. The third-order valence-electron chi connectivity index (χ3n) is 14.8. The van der Waals surface area contributed by atoms with E-state index in [0.29, 0.717) is 0 Å². The molecular weight excluding hydrogens is 873 g/mol. The fourth-order valence-electron chi connectivity index (χ4n) is 11.2. The molecule has 0 amide bonds. The van der Waals surface area contributed by atoms with Gasteiger partial charge in [0.25, 0.3) is 0 Å². The molecule has 1 heterocycles. The van der Waals surface area contributed by atoms with Gasteiger partial charge in [-0.2, -0.15) is 0 Å². The van der Waals surface area contributed by atoms with Crippen LogP contribution in [0.4, 0.5) is 34.1 Å². The van der Waals surface area contributed by atoms with Gasteiger partial charge in [-0.05, 0) is 170 Å². The number of para-hydroxylation sites is 2. The van der Waals surface area contributed by atoms with E-state index < -0.39 is 0 Å². The molecule has 3 nitrogen and oxygen atoms in total. The van der Waals surface area contributed by atoms with Gasteiger partial charge in [0.2, 0.25) is 0 Å². The van der Waals surface area contributed by atoms with Crippen LogP contribution < -0.4 is 9.80 Å². The first-order valence-electron chi connectivity index (χ1n) is 25.1. The van der Waals surface area contributed by atoms with Gasteiger partial charge in [0, 0.05) is 51.0 Å². The first-order chi connectivity index (χ1) is 35.4. The molecule has 0 unspecified atom stereocenters. The second-order valence-electron chi connectivity index (χ2n) is 19.8. The van der Waals surface area contributed by atoms with Crippen LogP contribution in [0.25, 0.3) is 77.2 Å². The Hall–Kier alpha value is -8.92. The number of aryl methyl sites for hydroxylation is 1. The molecule has 0 bridgehead atoms. The monoisotopic (exact) mass is 924 g/mol. The van der Waals surface area contributed by atoms with Crippen molar-refractivity contribution < 1.29 is 4.42 Å². The Labute approximate surface area is 421 Å². The Balaban J connectivity index is 1.00. The van der Waals surface area contributed by atoms with Crippen LogP contribution in [-0.2, 0) is 11.8 Å². The molecule has 0 saturated carbocycles. The summed E-state index contributed by atoms with van der Waals surface area (Å²) in [4.78, 5) is 4.86. The van der Waals surface area contributed by atoms with Crippen LogP contribution in [-0.4, -0.2) is 0 Å². The topological polar surface area (TPSA) is 19.6 Å². The predicted octanol–water partition coefficient (Wildman–Crippen LogP) is 19.6. The van der Waals surface area contributed by atoms with E-state index in [1.165, 1.54) is 61.0 Å². The second kappa shape index (κ2) is 17.8. The Kier molecular flexibility index (Phi) is 10.7. The van der Waals surface area contributed by atoms with Crippen LogP contribution in [0.5, 0.6) is 0 Å². The molecule has 0 N–H and O–H groups in total. The van der Waals surface area contributed by atoms with Gasteiger partial charge in [0.05, 0.1) is 0 Å². The van der Waals surface area contributed by atoms with E-state index in [2.05, 4.69) is 278 Å². The lowest BCUT2D eigenvalue weighted by Crippen LogP contribution is -2.24. The van der Waals surface area contributed by atoms with Crippen molar-refractivity contribution in [2.24, 2.45) is 0 Å². The number of hydrogen-bond donors (Lipinski definition) is 0. The number of rotatable bonds is 10. The minimum absolute atomic E-state index is 0.0716. The van der Waals surface area contributed by atoms with Crippen molar-refractivity contribution in [2.45, 2.75) is 32.1 Å². The van der Waals surface area contributed by atoms with Crippen LogP contribution in [0.2, 0.25) is 0 Å². The molecule has 13 rings (SSSR count). The van der Waals surface area contributed by atoms with Crippen molar-refractivity contribution >= 4 is 66.8 Å². The number of furan rings is 1. The number of anilines is 6. The largest absolute Gasteiger partial charge is 0.456 e. The first kappa shape index (κ1) is 43.1. The summed E-state index contributed by atoms with van der Waals surface area (Å²) < 4.78 is 7.10. The van der Waals surface area contributed by atoms with Crippen LogP contribution >= 0.6 is 0 Å². The lowest BCUT2D eigenvalue weighted by molar-refractivity contribution is 0.474. The molecule has 1 aliphatic rings. The highest BCUT2D eigenvalue weighted by Crippen LogP contribution is 2.52. The van der Waals surface area contributed by atoms with Crippen molar-refractivity contribution in [3.8, 4) is 44.5 Å². The average molecular weight is 925 g/mol. The maximum atomic E-state index is 7.10. The summed E-state index contributed by atoms with van der Waals surface area (Å²) in [5, 5.41) is 4.85. The molecule has 11 aromatic carbocycles. The van der Waals surface area contributed by atoms with Gasteiger partial charge >= 0.3 is 0 Å². The molecule has 0 spiro atoms. The van der Waals surface area contributed by atoms with E-state index in [1.54, 1.807) is 0 Å². The summed E-state index contributed by atoms with van der Waals surface area (Å²) in [5.41, 5.74) is 20.4. The number of benzene rings is 11. The molecule has 344 valence electrons. The van der Waals surface area contributed by atoms with Crippen LogP contribution in [0.1, 0.15) is 31.4 Å². The number of nitrogens with zero attached hydrogens (tertiary/aromatic N) is 2. The van der Waals surface area contributed by atoms with E-state index in [0.717, 1.165) is 74.3 Å². The van der Waals surface area contributed by atoms with E-state index in [1.807, 2.05) is 0 Å². The van der Waals surface area contributed by atoms with Crippen LogP contribution in [0.15, 0.2) is 259 Å². The highest BCUT2D eigenvalue weighted by atomic mass is 16.3. The van der Waals surface area contributed by atoms with Crippen molar-refractivity contribution in [1.29, 1.82) is 0 Å². The summed E-state index contributed by atoms with van der Waals surface area (Å²) in [6.07, 6.45) is 1.97. The minimum Gasteiger partial charge on any atom is -0.456 e. The quantitative estimate of drug-likeness (QED) is 0.136. The van der Waals surface area contributed by atoms with E-state index in [9.17, 15) is 0 Å². The van der Waals surface area contributed by atoms with Gasteiger partial charge in [-0.25, -0.2) is 0 Å². The maximum absolute atomic E-state index is 7.10. The molecule has 1 aliphatic carbocycles. The Bertz CT molecular complexity index is 3810. The van der Waals surface area contributed by atoms with Gasteiger partial charge in [0.1, 0.15) is 11.2 Å². The fourth-order valence-corrected chi connectivity index (χ4v) is 11.2. The average Bonchev–Trinajstić information content (AvgIpc) is 3.82. The molecule has 72 heavy (non-hydrogen) atoms. The van der Waals surface area contributed by atoms with E-state index >= 15 is 0 Å². The minimum atomic E-state index is -0.0716. The summed E-state index contributed by atoms with van der Waals surface area (Å²) in [7, 11) is 0. The predicted molar refractivity (Wildman–Crippen MR) is 304 cm³/mol. The Morgan fingerprint density at radius 3 is 1.25 bits per heavy atom. The molecule has 3 heteroatoms. The highest BCUT2D eigenvalue weighted by Gasteiger charge is 2.33. The Morgan fingerprint density at radius 2 is 0.764 bits per heavy atom. The van der Waals surface area contributed by atoms with E-state index in [-0.39, 0.29) is 5.41 Å². The molecular formula is C69H52N2O. The first-order valence-corrected chi connectivity index (χ1v) is 25.1. The number of fused-ring (bicyclic) bond motifs is 4. The normalized spacial score (nSPS) is 12.9. The molecule has 0 radical (unpaired) electrons. The van der Waals surface area contributed by atoms with Crippen molar-refractivity contribution in [2.75, 3.05) is 9.80 Å². The maximum Gasteiger partial charge on any atom is 0.137 e. The zero-order valence-electron chi connectivity index (χ0n) is 40.5. The molecule has 1 aromatic heterocycles. The lowest BCUT2D eigenvalue weighted by Gasteiger charge is -2.36. The SMILES string of the molecule is CC1(C)CCc2c(N(c3ccccc3)c3cc(-c4ccccc4)cc(-c4ccccc4)c3)ccc3c2c1cc1oc2cc(N(c4ccccc4)c4cc(-c5ccccc5)cc(-c5ccccc5)c4)ccc2c13. The molecule has 0 saturated heterocycles. The zero-order chi connectivity index (χ0) is 48.2. The standard InChI is InChI=1S/C69H52N2O/c1-69(2)38-37-60-64(71(56-31-19-8-20-32-56)59-43-53(49-25-13-5-14-26-49)40-54(44-59)50-27-15-6-16-28-50)36-35-62-67(60)63(69)46-66-68(62)61-34-33-57(45-65(61)72-66)70(55-29-17-7-18-30-55)58-41-51(47-21-9-3-10-22-47)39-52(42-58)48-23-11-4-12-24-48/h3-36,39-46H,37-38H2,1-2H3. The van der Waals surface area contributed by atoms with Crippen molar-refractivity contribution in [1.82, 2.24) is 0 Å². The molecule has 0 atom stereocenters. The van der Waals surface area contributed by atoms with Gasteiger partial charge in [-0.1, -0.05) is 178 Å². The highest BCUT2D eigenvalue weighted by molar-refractivity contribution is 6.21. The van der Waals surface area contributed by atoms with Gasteiger partial charge in [-0.3, -0.25) is 0 Å². The third-order valence-corrected chi connectivity index (χ3v) is 14.8. The van der Waals surface area contributed by atoms with Crippen LogP contribution in [0.3, 0.4) is 0 Å². The summed E-state index contributed by atoms with van der Waals surface area (Å²) >= 11 is 0. The smallest absolute Gasteiger partial charge is 0.137 e. The third kappa shape index (κ3) is 7.71. The zero-order valence-corrected chi connectivity index (χ0v) is 40.5. The second-order valence-corrected chi connectivity index (χ2v) is 19.8. The summed E-state index contributed by atoms with van der Waals surface area (Å²) in [5.74, 6) is 0. The molecule has 0 fully saturated rings. The van der Waals surface area contributed by atoms with Gasteiger partial charge in [-0.15, -0.1) is 0 Å². The van der Waals surface area contributed by atoms with Gasteiger partial charge in [0.15, 0.2) is 0 Å². The van der Waals surface area contributed by atoms with Crippen molar-refractivity contribution in [3.05, 3.63) is 266 Å². The summed E-state index contributed by atoms with van der Waals surface area (Å²) in [6.45, 7) is 4.80. The Morgan fingerprint density at radius 1 is 0.333 bits per heavy atom. The van der Waals surface area contributed by atoms with E-state index in [4.69, 9.17) is 4.42 Å². The molecule has 0 aliphatic heterocycles. The number of hydrogen-bond acceptors (Lipinski definition) is 3.